The number of hydrogen-bond donors (Lipinski definition) is 0. The average Bonchev–Trinajstić information content (AvgIpc) is 3.38. The summed E-state index contributed by atoms with van der Waals surface area (Å²) < 4.78 is 0. The first kappa shape index (κ1) is 39.4. The van der Waals surface area contributed by atoms with Crippen molar-refractivity contribution in [2.75, 3.05) is 13.1 Å². The number of hydrogen-bond acceptors (Lipinski definition) is 2. The first-order valence-electron chi connectivity index (χ1n) is 20.0. The van der Waals surface area contributed by atoms with E-state index in [9.17, 15) is 0 Å². The summed E-state index contributed by atoms with van der Waals surface area (Å²) in [6.07, 6.45) is 51.4. The summed E-state index contributed by atoms with van der Waals surface area (Å²) in [7, 11) is 0. The summed E-state index contributed by atoms with van der Waals surface area (Å²) in [6, 6.07) is 0. The van der Waals surface area contributed by atoms with Gasteiger partial charge < -0.3 is 9.80 Å². The van der Waals surface area contributed by atoms with Gasteiger partial charge in [-0.3, -0.25) is 0 Å². The molecule has 0 radical (unpaired) electrons. The first-order valence-corrected chi connectivity index (χ1v) is 20.0. The van der Waals surface area contributed by atoms with E-state index in [0.29, 0.717) is 6.17 Å². The van der Waals surface area contributed by atoms with Crippen LogP contribution in [0.25, 0.3) is 0 Å². The monoisotopic (exact) mass is 589 g/mol. The summed E-state index contributed by atoms with van der Waals surface area (Å²) in [4.78, 5) is 5.44. The molecule has 0 fully saturated rings. The predicted octanol–water partition coefficient (Wildman–Crippen LogP) is 13.9. The van der Waals surface area contributed by atoms with Crippen molar-refractivity contribution in [2.45, 2.75) is 232 Å². The van der Waals surface area contributed by atoms with E-state index in [0.717, 1.165) is 0 Å². The summed E-state index contributed by atoms with van der Waals surface area (Å²) in [5, 5.41) is 0. The fraction of sp³-hybridized carbons (Fsp3) is 0.950. The van der Waals surface area contributed by atoms with Gasteiger partial charge in [-0.1, -0.05) is 201 Å². The maximum absolute atomic E-state index is 2.72. The Balaban J connectivity index is 2.24. The van der Waals surface area contributed by atoms with Crippen molar-refractivity contribution in [3.8, 4) is 0 Å². The van der Waals surface area contributed by atoms with Gasteiger partial charge in [-0.25, -0.2) is 0 Å². The quantitative estimate of drug-likeness (QED) is 0.0690. The van der Waals surface area contributed by atoms with Crippen molar-refractivity contribution in [2.24, 2.45) is 0 Å². The van der Waals surface area contributed by atoms with E-state index < -0.39 is 0 Å². The van der Waals surface area contributed by atoms with Crippen molar-refractivity contribution >= 4 is 0 Å². The molecule has 0 bridgehead atoms. The van der Waals surface area contributed by atoms with Gasteiger partial charge in [0.15, 0.2) is 0 Å². The normalized spacial score (nSPS) is 13.7. The van der Waals surface area contributed by atoms with Crippen molar-refractivity contribution < 1.29 is 0 Å². The van der Waals surface area contributed by atoms with Gasteiger partial charge in [-0.05, 0) is 25.7 Å². The van der Waals surface area contributed by atoms with Crippen LogP contribution in [0.1, 0.15) is 226 Å². The van der Waals surface area contributed by atoms with Crippen LogP contribution in [0.3, 0.4) is 0 Å². The molecule has 1 rings (SSSR count). The highest BCUT2D eigenvalue weighted by molar-refractivity contribution is 4.97. The Hall–Kier alpha value is -0.660. The molecule has 2 heteroatoms. The van der Waals surface area contributed by atoms with Crippen LogP contribution < -0.4 is 0 Å². The standard InChI is InChI=1S/C40H80N2/c1-4-7-10-13-16-19-22-23-26-29-32-35-40-41(36-33-30-27-24-20-17-14-11-8-5-2)38-39-42(40)37-34-31-28-25-21-18-15-12-9-6-3/h38-40H,4-37H2,1-3H3. The zero-order valence-corrected chi connectivity index (χ0v) is 29.7. The lowest BCUT2D eigenvalue weighted by molar-refractivity contribution is 0.135. The number of unbranched alkanes of at least 4 members (excludes halogenated alkanes) is 28. The Morgan fingerprint density at radius 1 is 0.310 bits per heavy atom. The summed E-state index contributed by atoms with van der Waals surface area (Å²) in [6.45, 7) is 9.48. The van der Waals surface area contributed by atoms with Gasteiger partial charge in [0, 0.05) is 25.5 Å². The topological polar surface area (TPSA) is 6.48 Å². The molecule has 1 heterocycles. The summed E-state index contributed by atoms with van der Waals surface area (Å²) in [5.41, 5.74) is 0. The first-order chi connectivity index (χ1) is 20.8. The van der Waals surface area contributed by atoms with Crippen LogP contribution in [-0.4, -0.2) is 29.1 Å². The van der Waals surface area contributed by atoms with E-state index in [-0.39, 0.29) is 0 Å². The highest BCUT2D eigenvalue weighted by Gasteiger charge is 2.24. The van der Waals surface area contributed by atoms with Gasteiger partial charge in [0.1, 0.15) is 6.17 Å². The SMILES string of the molecule is CCCCCCCCCCCCCC1N(CCCCCCCCCCCC)C=CN1CCCCCCCCCCCC. The minimum atomic E-state index is 0.640. The van der Waals surface area contributed by atoms with Gasteiger partial charge in [0.05, 0.1) is 0 Å². The van der Waals surface area contributed by atoms with E-state index in [1.54, 1.807) is 0 Å². The number of rotatable bonds is 34. The van der Waals surface area contributed by atoms with E-state index in [1.165, 1.54) is 219 Å². The van der Waals surface area contributed by atoms with E-state index in [4.69, 9.17) is 0 Å². The Bertz CT molecular complexity index is 510. The van der Waals surface area contributed by atoms with Crippen LogP contribution in [0, 0.1) is 0 Å². The van der Waals surface area contributed by atoms with Crippen molar-refractivity contribution in [3.05, 3.63) is 12.4 Å². The van der Waals surface area contributed by atoms with Crippen molar-refractivity contribution in [3.63, 3.8) is 0 Å². The molecule has 1 aliphatic rings. The zero-order chi connectivity index (χ0) is 30.2. The minimum absolute atomic E-state index is 0.640. The Morgan fingerprint density at radius 3 is 0.833 bits per heavy atom. The fourth-order valence-electron chi connectivity index (χ4n) is 6.89. The molecular formula is C40H80N2. The van der Waals surface area contributed by atoms with Gasteiger partial charge in [0.2, 0.25) is 0 Å². The molecule has 0 unspecified atom stereocenters. The van der Waals surface area contributed by atoms with E-state index in [1.807, 2.05) is 0 Å². The van der Waals surface area contributed by atoms with Crippen LogP contribution in [0.4, 0.5) is 0 Å². The third kappa shape index (κ3) is 23.8. The van der Waals surface area contributed by atoms with Gasteiger partial charge >= 0.3 is 0 Å². The molecule has 0 N–H and O–H groups in total. The molecule has 250 valence electrons. The molecule has 0 aromatic carbocycles. The van der Waals surface area contributed by atoms with Gasteiger partial charge in [-0.15, -0.1) is 0 Å². The molecule has 1 aliphatic heterocycles. The molecule has 0 aromatic heterocycles. The van der Waals surface area contributed by atoms with Crippen LogP contribution in [0.15, 0.2) is 12.4 Å². The summed E-state index contributed by atoms with van der Waals surface area (Å²) in [5.74, 6) is 0. The summed E-state index contributed by atoms with van der Waals surface area (Å²) >= 11 is 0. The fourth-order valence-corrected chi connectivity index (χ4v) is 6.89. The van der Waals surface area contributed by atoms with Crippen LogP contribution in [0.2, 0.25) is 0 Å². The molecule has 0 spiro atoms. The zero-order valence-electron chi connectivity index (χ0n) is 29.7. The van der Waals surface area contributed by atoms with E-state index >= 15 is 0 Å². The third-order valence-electron chi connectivity index (χ3n) is 9.82. The van der Waals surface area contributed by atoms with Crippen molar-refractivity contribution in [1.29, 1.82) is 0 Å². The molecule has 0 aliphatic carbocycles. The minimum Gasteiger partial charge on any atom is -0.356 e. The second-order valence-corrected chi connectivity index (χ2v) is 13.9. The van der Waals surface area contributed by atoms with Gasteiger partial charge in [-0.2, -0.15) is 0 Å². The van der Waals surface area contributed by atoms with Gasteiger partial charge in [0.25, 0.3) is 0 Å². The molecule has 42 heavy (non-hydrogen) atoms. The number of nitrogens with zero attached hydrogens (tertiary/aromatic N) is 2. The highest BCUT2D eigenvalue weighted by atomic mass is 15.4. The molecular weight excluding hydrogens is 508 g/mol. The van der Waals surface area contributed by atoms with Crippen LogP contribution >= 0.6 is 0 Å². The third-order valence-corrected chi connectivity index (χ3v) is 9.82. The molecule has 2 nitrogen and oxygen atoms in total. The second-order valence-electron chi connectivity index (χ2n) is 13.9. The van der Waals surface area contributed by atoms with E-state index in [2.05, 4.69) is 43.0 Å². The molecule has 0 saturated carbocycles. The van der Waals surface area contributed by atoms with Crippen LogP contribution in [-0.2, 0) is 0 Å². The molecule has 0 atom stereocenters. The second kappa shape index (κ2) is 31.8. The predicted molar refractivity (Wildman–Crippen MR) is 191 cm³/mol. The lowest BCUT2D eigenvalue weighted by Crippen LogP contribution is -2.39. The molecule has 0 saturated heterocycles. The highest BCUT2D eigenvalue weighted by Crippen LogP contribution is 2.24. The van der Waals surface area contributed by atoms with Crippen LogP contribution in [0.5, 0.6) is 0 Å². The van der Waals surface area contributed by atoms with Crippen molar-refractivity contribution in [1.82, 2.24) is 9.80 Å². The lowest BCUT2D eigenvalue weighted by Gasteiger charge is -2.33. The molecule has 0 aromatic rings. The Kier molecular flexibility index (Phi) is 29.8. The Labute approximate surface area is 267 Å². The largest absolute Gasteiger partial charge is 0.356 e. The molecule has 0 amide bonds. The lowest BCUT2D eigenvalue weighted by atomic mass is 10.0. The smallest absolute Gasteiger partial charge is 0.101 e. The Morgan fingerprint density at radius 2 is 0.548 bits per heavy atom. The maximum atomic E-state index is 2.72. The average molecular weight is 589 g/mol. The maximum Gasteiger partial charge on any atom is 0.101 e.